The molecule has 1 aromatic heterocycles. The standard InChI is InChI=1S/C17H24N6O/c1-13-4-3-5-16(12-13)22-9-6-15(7-10-22)18-17(24)8-11-23-14(2)19-20-21-23/h3-5,12,15H,6-11H2,1-2H3,(H,18,24). The fourth-order valence-corrected chi connectivity index (χ4v) is 3.07. The maximum Gasteiger partial charge on any atom is 0.222 e. The van der Waals surface area contributed by atoms with E-state index in [0.29, 0.717) is 13.0 Å². The Hall–Kier alpha value is -2.44. The normalized spacial score (nSPS) is 15.5. The van der Waals surface area contributed by atoms with Crippen molar-refractivity contribution in [1.29, 1.82) is 0 Å². The van der Waals surface area contributed by atoms with Crippen LogP contribution in [0.3, 0.4) is 0 Å². The highest BCUT2D eigenvalue weighted by atomic mass is 16.1. The molecule has 3 rings (SSSR count). The van der Waals surface area contributed by atoms with Crippen LogP contribution < -0.4 is 10.2 Å². The highest BCUT2D eigenvalue weighted by Gasteiger charge is 2.21. The van der Waals surface area contributed by atoms with E-state index >= 15 is 0 Å². The summed E-state index contributed by atoms with van der Waals surface area (Å²) in [5, 5.41) is 14.4. The zero-order valence-electron chi connectivity index (χ0n) is 14.3. The SMILES string of the molecule is Cc1cccc(N2CCC(NC(=O)CCn3nnnc3C)CC2)c1. The van der Waals surface area contributed by atoms with Gasteiger partial charge in [0.1, 0.15) is 5.82 Å². The fraction of sp³-hybridized carbons (Fsp3) is 0.529. The number of piperidine rings is 1. The fourth-order valence-electron chi connectivity index (χ4n) is 3.07. The molecule has 1 aliphatic heterocycles. The molecular weight excluding hydrogens is 304 g/mol. The molecule has 0 radical (unpaired) electrons. The monoisotopic (exact) mass is 328 g/mol. The van der Waals surface area contributed by atoms with Crippen LogP contribution >= 0.6 is 0 Å². The van der Waals surface area contributed by atoms with Crippen LogP contribution in [0.5, 0.6) is 0 Å². The smallest absolute Gasteiger partial charge is 0.222 e. The summed E-state index contributed by atoms with van der Waals surface area (Å²) in [4.78, 5) is 14.5. The van der Waals surface area contributed by atoms with E-state index in [9.17, 15) is 4.79 Å². The second-order valence-corrected chi connectivity index (χ2v) is 6.37. The van der Waals surface area contributed by atoms with Crippen LogP contribution in [0.1, 0.15) is 30.7 Å². The van der Waals surface area contributed by atoms with Crippen LogP contribution in [0.25, 0.3) is 0 Å². The van der Waals surface area contributed by atoms with Gasteiger partial charge in [-0.2, -0.15) is 0 Å². The molecule has 1 aromatic carbocycles. The van der Waals surface area contributed by atoms with Crippen molar-refractivity contribution in [1.82, 2.24) is 25.5 Å². The van der Waals surface area contributed by atoms with Gasteiger partial charge in [-0.15, -0.1) is 5.10 Å². The van der Waals surface area contributed by atoms with Crippen LogP contribution in [0.2, 0.25) is 0 Å². The van der Waals surface area contributed by atoms with Gasteiger partial charge < -0.3 is 10.2 Å². The molecule has 1 saturated heterocycles. The highest BCUT2D eigenvalue weighted by Crippen LogP contribution is 2.21. The molecule has 2 aromatic rings. The summed E-state index contributed by atoms with van der Waals surface area (Å²) < 4.78 is 1.65. The van der Waals surface area contributed by atoms with Gasteiger partial charge in [0.05, 0.1) is 6.54 Å². The molecule has 0 unspecified atom stereocenters. The number of benzene rings is 1. The summed E-state index contributed by atoms with van der Waals surface area (Å²) >= 11 is 0. The number of anilines is 1. The average molecular weight is 328 g/mol. The summed E-state index contributed by atoms with van der Waals surface area (Å²) in [5.41, 5.74) is 2.55. The van der Waals surface area contributed by atoms with Crippen molar-refractivity contribution in [2.45, 2.75) is 45.7 Å². The maximum atomic E-state index is 12.1. The number of nitrogens with zero attached hydrogens (tertiary/aromatic N) is 5. The molecule has 24 heavy (non-hydrogen) atoms. The predicted octanol–water partition coefficient (Wildman–Crippen LogP) is 1.47. The van der Waals surface area contributed by atoms with Crippen LogP contribution in [0.15, 0.2) is 24.3 Å². The Morgan fingerprint density at radius 2 is 2.08 bits per heavy atom. The lowest BCUT2D eigenvalue weighted by Gasteiger charge is -2.34. The molecule has 7 nitrogen and oxygen atoms in total. The predicted molar refractivity (Wildman–Crippen MR) is 91.7 cm³/mol. The number of amides is 1. The Morgan fingerprint density at radius 1 is 1.29 bits per heavy atom. The van der Waals surface area contributed by atoms with Gasteiger partial charge in [0, 0.05) is 31.2 Å². The molecule has 7 heteroatoms. The topological polar surface area (TPSA) is 75.9 Å². The van der Waals surface area contributed by atoms with E-state index < -0.39 is 0 Å². The van der Waals surface area contributed by atoms with Crippen molar-refractivity contribution in [2.75, 3.05) is 18.0 Å². The van der Waals surface area contributed by atoms with Crippen LogP contribution in [-0.4, -0.2) is 45.2 Å². The zero-order valence-corrected chi connectivity index (χ0v) is 14.3. The van der Waals surface area contributed by atoms with Gasteiger partial charge in [0.25, 0.3) is 0 Å². The molecule has 1 amide bonds. The molecule has 1 fully saturated rings. The van der Waals surface area contributed by atoms with E-state index in [0.717, 1.165) is 31.8 Å². The van der Waals surface area contributed by atoms with Gasteiger partial charge in [-0.1, -0.05) is 12.1 Å². The van der Waals surface area contributed by atoms with E-state index in [4.69, 9.17) is 0 Å². The van der Waals surface area contributed by atoms with Crippen LogP contribution in [-0.2, 0) is 11.3 Å². The lowest BCUT2D eigenvalue weighted by Crippen LogP contribution is -2.44. The van der Waals surface area contributed by atoms with E-state index in [1.165, 1.54) is 11.3 Å². The van der Waals surface area contributed by atoms with Gasteiger partial charge in [-0.05, 0) is 54.8 Å². The quantitative estimate of drug-likeness (QED) is 0.899. The van der Waals surface area contributed by atoms with E-state index in [-0.39, 0.29) is 11.9 Å². The molecule has 0 bridgehead atoms. The number of hydrogen-bond donors (Lipinski definition) is 1. The number of tetrazole rings is 1. The second-order valence-electron chi connectivity index (χ2n) is 6.37. The summed E-state index contributed by atoms with van der Waals surface area (Å²) in [6, 6.07) is 8.84. The molecule has 128 valence electrons. The maximum absolute atomic E-state index is 12.1. The third kappa shape index (κ3) is 4.10. The first-order chi connectivity index (χ1) is 11.6. The van der Waals surface area contributed by atoms with Gasteiger partial charge in [0.15, 0.2) is 0 Å². The first-order valence-corrected chi connectivity index (χ1v) is 8.45. The summed E-state index contributed by atoms with van der Waals surface area (Å²) in [7, 11) is 0. The minimum Gasteiger partial charge on any atom is -0.371 e. The van der Waals surface area contributed by atoms with Crippen molar-refractivity contribution >= 4 is 11.6 Å². The average Bonchev–Trinajstić information content (AvgIpc) is 2.99. The van der Waals surface area contributed by atoms with Crippen molar-refractivity contribution in [3.05, 3.63) is 35.7 Å². The molecule has 0 atom stereocenters. The number of aryl methyl sites for hydroxylation is 3. The van der Waals surface area contributed by atoms with Gasteiger partial charge >= 0.3 is 0 Å². The Labute approximate surface area is 142 Å². The van der Waals surface area contributed by atoms with Crippen molar-refractivity contribution in [2.24, 2.45) is 0 Å². The number of hydrogen-bond acceptors (Lipinski definition) is 5. The Kier molecular flexibility index (Phi) is 5.08. The lowest BCUT2D eigenvalue weighted by molar-refractivity contribution is -0.122. The molecule has 0 saturated carbocycles. The van der Waals surface area contributed by atoms with Crippen molar-refractivity contribution in [3.63, 3.8) is 0 Å². The zero-order chi connectivity index (χ0) is 16.9. The molecule has 2 heterocycles. The summed E-state index contributed by atoms with van der Waals surface area (Å²) in [6.07, 6.45) is 2.36. The van der Waals surface area contributed by atoms with Crippen LogP contribution in [0.4, 0.5) is 5.69 Å². The number of rotatable bonds is 5. The number of carbonyl (C=O) groups excluding carboxylic acids is 1. The minimum atomic E-state index is 0.0684. The minimum absolute atomic E-state index is 0.0684. The van der Waals surface area contributed by atoms with Crippen LogP contribution in [0, 0.1) is 13.8 Å². The third-order valence-electron chi connectivity index (χ3n) is 4.49. The van der Waals surface area contributed by atoms with Gasteiger partial charge in [-0.3, -0.25) is 4.79 Å². The first-order valence-electron chi connectivity index (χ1n) is 8.45. The third-order valence-corrected chi connectivity index (χ3v) is 4.49. The molecule has 0 spiro atoms. The van der Waals surface area contributed by atoms with Crippen molar-refractivity contribution < 1.29 is 4.79 Å². The Bertz CT molecular complexity index is 690. The first kappa shape index (κ1) is 16.4. The molecule has 0 aliphatic carbocycles. The second kappa shape index (κ2) is 7.42. The van der Waals surface area contributed by atoms with E-state index in [1.54, 1.807) is 4.68 Å². The van der Waals surface area contributed by atoms with E-state index in [2.05, 4.69) is 56.9 Å². The summed E-state index contributed by atoms with van der Waals surface area (Å²) in [6.45, 7) is 6.41. The lowest BCUT2D eigenvalue weighted by atomic mass is 10.0. The summed E-state index contributed by atoms with van der Waals surface area (Å²) in [5.74, 6) is 0.799. The van der Waals surface area contributed by atoms with E-state index in [1.807, 2.05) is 6.92 Å². The number of nitrogens with one attached hydrogen (secondary N) is 1. The number of carbonyl (C=O) groups is 1. The van der Waals surface area contributed by atoms with Gasteiger partial charge in [0.2, 0.25) is 5.91 Å². The molecule has 1 N–H and O–H groups in total. The highest BCUT2D eigenvalue weighted by molar-refractivity contribution is 5.76. The van der Waals surface area contributed by atoms with Crippen molar-refractivity contribution in [3.8, 4) is 0 Å². The molecule has 1 aliphatic rings. The number of aromatic nitrogens is 4. The largest absolute Gasteiger partial charge is 0.371 e. The Morgan fingerprint density at radius 3 is 2.75 bits per heavy atom. The Balaban J connectivity index is 1.43. The van der Waals surface area contributed by atoms with Gasteiger partial charge in [-0.25, -0.2) is 4.68 Å². The molecular formula is C17H24N6O.